The molecule has 0 fully saturated rings. The number of unbranched alkanes of at least 4 members (excludes halogenated alkanes) is 3. The molecule has 0 bridgehead atoms. The molecule has 0 spiro atoms. The molecule has 0 heterocycles. The fraction of sp³-hybridized carbons (Fsp3) is 0.609. The molecule has 0 aromatic heterocycles. The van der Waals surface area contributed by atoms with E-state index < -0.39 is 0 Å². The Bertz CT molecular complexity index is 612. The average molecular weight is 473 g/mol. The van der Waals surface area contributed by atoms with Crippen LogP contribution in [0.2, 0.25) is 5.02 Å². The molecule has 0 aliphatic heterocycles. The maximum Gasteiger partial charge on any atom is 0.185 e. The topological polar surface area (TPSA) is 153 Å². The van der Waals surface area contributed by atoms with Gasteiger partial charge in [0.2, 0.25) is 0 Å². The lowest BCUT2D eigenvalue weighted by Crippen LogP contribution is -2.22. The molecule has 1 aromatic rings. The molecule has 0 atom stereocenters. The Morgan fingerprint density at radius 2 is 1.75 bits per heavy atom. The summed E-state index contributed by atoms with van der Waals surface area (Å²) >= 11 is 6.11. The normalized spacial score (nSPS) is 9.00. The summed E-state index contributed by atoms with van der Waals surface area (Å²) in [5, 5.41) is 10.6. The standard InChI is InChI=1S/C13H16ClNO2.C7H17N3.C2H7N.CH5N/c1-3-4-17-13-9(2)5-10(7-12(13)14)6-11(15)8-16;1-2-3-4-5-6-10-7(8)9;1-3-2;1-2/h5,7-8,15H,3-4,6H2,1-2H3;2-6H2,1H3,(H4,8,9,10);3H,1-2H3;2H2,1H3. The van der Waals surface area contributed by atoms with Crippen LogP contribution in [0.3, 0.4) is 0 Å². The number of nitrogens with zero attached hydrogens (tertiary/aromatic N) is 1. The Hall–Kier alpha value is -2.16. The third kappa shape index (κ3) is 21.1. The predicted octanol–water partition coefficient (Wildman–Crippen LogP) is 3.45. The number of hydrogen-bond donors (Lipinski definition) is 5. The van der Waals surface area contributed by atoms with Crippen LogP contribution in [0.1, 0.15) is 57.1 Å². The van der Waals surface area contributed by atoms with E-state index in [2.05, 4.69) is 23.0 Å². The first-order valence-electron chi connectivity index (χ1n) is 10.9. The Labute approximate surface area is 199 Å². The SMILES string of the molecule is CCCCCCN=C(N)N.CCCOc1c(C)cc(CC(=N)C=O)cc1Cl.CN.CNC. The first-order chi connectivity index (χ1) is 15.3. The molecule has 1 aromatic carbocycles. The number of rotatable bonds is 11. The molecular formula is C23H45ClN6O2. The molecule has 0 unspecified atom stereocenters. The van der Waals surface area contributed by atoms with Crippen LogP contribution < -0.4 is 27.3 Å². The number of carbonyl (C=O) groups is 1. The summed E-state index contributed by atoms with van der Waals surface area (Å²) in [7, 11) is 5.25. The number of benzene rings is 1. The van der Waals surface area contributed by atoms with E-state index in [1.165, 1.54) is 26.3 Å². The van der Waals surface area contributed by atoms with Crippen molar-refractivity contribution in [3.05, 3.63) is 28.3 Å². The van der Waals surface area contributed by atoms with Gasteiger partial charge in [-0.1, -0.05) is 50.8 Å². The molecule has 186 valence electrons. The summed E-state index contributed by atoms with van der Waals surface area (Å²) < 4.78 is 5.55. The van der Waals surface area contributed by atoms with Crippen LogP contribution >= 0.6 is 11.6 Å². The molecule has 9 heteroatoms. The zero-order valence-corrected chi connectivity index (χ0v) is 21.5. The van der Waals surface area contributed by atoms with E-state index in [1.807, 2.05) is 34.0 Å². The molecule has 0 saturated carbocycles. The van der Waals surface area contributed by atoms with E-state index >= 15 is 0 Å². The van der Waals surface area contributed by atoms with E-state index in [0.29, 0.717) is 30.1 Å². The fourth-order valence-electron chi connectivity index (χ4n) is 2.30. The number of carbonyl (C=O) groups excluding carboxylic acids is 1. The van der Waals surface area contributed by atoms with Crippen LogP contribution in [0.15, 0.2) is 17.1 Å². The van der Waals surface area contributed by atoms with Crippen LogP contribution in [0.5, 0.6) is 5.75 Å². The van der Waals surface area contributed by atoms with E-state index in [4.69, 9.17) is 33.2 Å². The highest BCUT2D eigenvalue weighted by Gasteiger charge is 2.09. The molecular weight excluding hydrogens is 428 g/mol. The third-order valence-electron chi connectivity index (χ3n) is 3.58. The van der Waals surface area contributed by atoms with E-state index in [1.54, 1.807) is 6.07 Å². The Morgan fingerprint density at radius 1 is 1.16 bits per heavy atom. The minimum atomic E-state index is 0.0442. The van der Waals surface area contributed by atoms with Crippen molar-refractivity contribution in [1.29, 1.82) is 5.41 Å². The Kier molecular flexibility index (Phi) is 27.0. The zero-order valence-electron chi connectivity index (χ0n) is 20.8. The van der Waals surface area contributed by atoms with Gasteiger partial charge in [0.15, 0.2) is 12.2 Å². The molecule has 0 aliphatic rings. The number of nitrogens with one attached hydrogen (secondary N) is 2. The largest absolute Gasteiger partial charge is 0.492 e. The predicted molar refractivity (Wildman–Crippen MR) is 139 cm³/mol. The summed E-state index contributed by atoms with van der Waals surface area (Å²) in [5.41, 5.74) is 16.6. The number of aliphatic imine (C=N–C) groups is 1. The van der Waals surface area contributed by atoms with Gasteiger partial charge < -0.3 is 32.7 Å². The number of aryl methyl sites for hydroxylation is 1. The monoisotopic (exact) mass is 472 g/mol. The molecule has 0 saturated heterocycles. The molecule has 8 N–H and O–H groups in total. The maximum atomic E-state index is 10.4. The van der Waals surface area contributed by atoms with Crippen molar-refractivity contribution in [1.82, 2.24) is 5.32 Å². The number of guanidine groups is 1. The Balaban J connectivity index is -0.000000477. The first kappa shape index (κ1) is 34.5. The lowest BCUT2D eigenvalue weighted by molar-refractivity contribution is -0.102. The van der Waals surface area contributed by atoms with Gasteiger partial charge in [-0.3, -0.25) is 9.79 Å². The Morgan fingerprint density at radius 3 is 2.19 bits per heavy atom. The van der Waals surface area contributed by atoms with Crippen molar-refractivity contribution in [2.75, 3.05) is 34.3 Å². The van der Waals surface area contributed by atoms with E-state index in [-0.39, 0.29) is 11.7 Å². The lowest BCUT2D eigenvalue weighted by Gasteiger charge is -2.12. The first-order valence-corrected chi connectivity index (χ1v) is 11.3. The summed E-state index contributed by atoms with van der Waals surface area (Å²) in [5.74, 6) is 0.895. The summed E-state index contributed by atoms with van der Waals surface area (Å²) in [6.07, 6.45) is 6.64. The van der Waals surface area contributed by atoms with Crippen molar-refractivity contribution >= 4 is 29.6 Å². The van der Waals surface area contributed by atoms with Gasteiger partial charge in [0.05, 0.1) is 17.3 Å². The minimum absolute atomic E-state index is 0.0442. The third-order valence-corrected chi connectivity index (χ3v) is 3.86. The van der Waals surface area contributed by atoms with Gasteiger partial charge in [0.25, 0.3) is 0 Å². The van der Waals surface area contributed by atoms with Crippen LogP contribution in [-0.2, 0) is 11.2 Å². The molecule has 0 radical (unpaired) electrons. The van der Waals surface area contributed by atoms with Gasteiger partial charge in [-0.25, -0.2) is 0 Å². The van der Waals surface area contributed by atoms with Crippen molar-refractivity contribution < 1.29 is 9.53 Å². The van der Waals surface area contributed by atoms with Gasteiger partial charge in [-0.2, -0.15) is 0 Å². The number of ether oxygens (including phenoxy) is 1. The molecule has 0 aliphatic carbocycles. The smallest absolute Gasteiger partial charge is 0.185 e. The van der Waals surface area contributed by atoms with Gasteiger partial charge in [0.1, 0.15) is 5.75 Å². The number of nitrogens with two attached hydrogens (primary N) is 3. The van der Waals surface area contributed by atoms with E-state index in [0.717, 1.165) is 30.5 Å². The van der Waals surface area contributed by atoms with Crippen molar-refractivity contribution in [2.24, 2.45) is 22.2 Å². The summed E-state index contributed by atoms with van der Waals surface area (Å²) in [4.78, 5) is 14.3. The maximum absolute atomic E-state index is 10.4. The van der Waals surface area contributed by atoms with Gasteiger partial charge in [-0.05, 0) is 58.1 Å². The second kappa shape index (κ2) is 25.1. The second-order valence-electron chi connectivity index (χ2n) is 6.76. The van der Waals surface area contributed by atoms with Gasteiger partial charge >= 0.3 is 0 Å². The van der Waals surface area contributed by atoms with Gasteiger partial charge in [0, 0.05) is 13.0 Å². The van der Waals surface area contributed by atoms with Gasteiger partial charge in [-0.15, -0.1) is 0 Å². The molecule has 8 nitrogen and oxygen atoms in total. The van der Waals surface area contributed by atoms with Crippen molar-refractivity contribution in [2.45, 2.75) is 59.3 Å². The van der Waals surface area contributed by atoms with Crippen LogP contribution in [-0.4, -0.2) is 52.3 Å². The number of halogens is 1. The highest BCUT2D eigenvalue weighted by molar-refractivity contribution is 6.32. The molecule has 32 heavy (non-hydrogen) atoms. The van der Waals surface area contributed by atoms with Crippen LogP contribution in [0.25, 0.3) is 0 Å². The lowest BCUT2D eigenvalue weighted by atomic mass is 10.1. The second-order valence-corrected chi connectivity index (χ2v) is 7.17. The van der Waals surface area contributed by atoms with Crippen LogP contribution in [0, 0.1) is 12.3 Å². The zero-order chi connectivity index (χ0) is 25.4. The minimum Gasteiger partial charge on any atom is -0.492 e. The highest BCUT2D eigenvalue weighted by Crippen LogP contribution is 2.30. The molecule has 0 amide bonds. The quantitative estimate of drug-likeness (QED) is 0.144. The summed E-state index contributed by atoms with van der Waals surface area (Å²) in [6, 6.07) is 3.65. The highest BCUT2D eigenvalue weighted by atomic mass is 35.5. The fourth-order valence-corrected chi connectivity index (χ4v) is 2.64. The van der Waals surface area contributed by atoms with Crippen LogP contribution in [0.4, 0.5) is 0 Å². The van der Waals surface area contributed by atoms with Crippen molar-refractivity contribution in [3.63, 3.8) is 0 Å². The number of hydrogen-bond acceptors (Lipinski definition) is 6. The van der Waals surface area contributed by atoms with E-state index in [9.17, 15) is 4.79 Å². The number of aldehydes is 1. The average Bonchev–Trinajstić information content (AvgIpc) is 2.75. The summed E-state index contributed by atoms with van der Waals surface area (Å²) in [6.45, 7) is 7.53. The molecule has 1 rings (SSSR count). The van der Waals surface area contributed by atoms with Crippen molar-refractivity contribution in [3.8, 4) is 5.75 Å².